The lowest BCUT2D eigenvalue weighted by atomic mass is 10.2. The Morgan fingerprint density at radius 2 is 1.80 bits per heavy atom. The first-order chi connectivity index (χ1) is 9.35. The van der Waals surface area contributed by atoms with Crippen LogP contribution in [0.2, 0.25) is 5.02 Å². The third kappa shape index (κ3) is 4.19. The van der Waals surface area contributed by atoms with Gasteiger partial charge in [-0.25, -0.2) is 12.8 Å². The molecule has 2 aromatic carbocycles. The van der Waals surface area contributed by atoms with E-state index in [4.69, 9.17) is 11.6 Å². The molecule has 0 spiro atoms. The molecule has 7 heteroatoms. The van der Waals surface area contributed by atoms with E-state index in [0.717, 1.165) is 0 Å². The molecular formula is C13H10BrClFNO2S. The smallest absolute Gasteiger partial charge is 0.237 e. The number of nitrogens with one attached hydrogen (secondary N) is 1. The zero-order valence-electron chi connectivity index (χ0n) is 10.1. The largest absolute Gasteiger partial charge is 0.280 e. The summed E-state index contributed by atoms with van der Waals surface area (Å²) in [6, 6.07) is 10.5. The van der Waals surface area contributed by atoms with Crippen LogP contribution in [0.4, 0.5) is 10.1 Å². The van der Waals surface area contributed by atoms with Gasteiger partial charge >= 0.3 is 0 Å². The molecule has 106 valence electrons. The average Bonchev–Trinajstić information content (AvgIpc) is 2.35. The van der Waals surface area contributed by atoms with Crippen molar-refractivity contribution in [3.05, 3.63) is 63.3 Å². The third-order valence-corrected chi connectivity index (χ3v) is 4.46. The van der Waals surface area contributed by atoms with E-state index in [1.165, 1.54) is 12.1 Å². The molecular weight excluding hydrogens is 369 g/mol. The second-order valence-corrected chi connectivity index (χ2v) is 7.19. The maximum absolute atomic E-state index is 13.6. The summed E-state index contributed by atoms with van der Waals surface area (Å²) in [6.07, 6.45) is 0. The van der Waals surface area contributed by atoms with Gasteiger partial charge in [-0.3, -0.25) is 4.72 Å². The Bertz CT molecular complexity index is 720. The zero-order valence-corrected chi connectivity index (χ0v) is 13.3. The van der Waals surface area contributed by atoms with Crippen molar-refractivity contribution in [1.29, 1.82) is 0 Å². The first-order valence-electron chi connectivity index (χ1n) is 5.56. The van der Waals surface area contributed by atoms with E-state index in [1.807, 2.05) is 0 Å². The Hall–Kier alpha value is -1.11. The zero-order chi connectivity index (χ0) is 14.8. The van der Waals surface area contributed by atoms with Crippen LogP contribution in [-0.4, -0.2) is 8.42 Å². The number of rotatable bonds is 4. The first-order valence-corrected chi connectivity index (χ1v) is 8.38. The van der Waals surface area contributed by atoms with E-state index in [1.54, 1.807) is 30.3 Å². The lowest BCUT2D eigenvalue weighted by molar-refractivity contribution is 0.597. The molecule has 0 unspecified atom stereocenters. The van der Waals surface area contributed by atoms with Crippen LogP contribution in [0.1, 0.15) is 5.56 Å². The topological polar surface area (TPSA) is 46.2 Å². The summed E-state index contributed by atoms with van der Waals surface area (Å²) in [5.74, 6) is -0.890. The summed E-state index contributed by atoms with van der Waals surface area (Å²) >= 11 is 8.84. The van der Waals surface area contributed by atoms with Gasteiger partial charge in [0, 0.05) is 9.50 Å². The van der Waals surface area contributed by atoms with Gasteiger partial charge in [0.2, 0.25) is 10.0 Å². The fraction of sp³-hybridized carbons (Fsp3) is 0.0769. The molecule has 0 aliphatic heterocycles. The molecule has 0 amide bonds. The molecule has 0 heterocycles. The van der Waals surface area contributed by atoms with Gasteiger partial charge in [-0.05, 0) is 35.9 Å². The Kier molecular flexibility index (Phi) is 4.67. The lowest BCUT2D eigenvalue weighted by Crippen LogP contribution is -2.15. The van der Waals surface area contributed by atoms with Crippen molar-refractivity contribution in [1.82, 2.24) is 0 Å². The number of benzene rings is 2. The van der Waals surface area contributed by atoms with Crippen molar-refractivity contribution in [2.45, 2.75) is 5.75 Å². The van der Waals surface area contributed by atoms with Crippen molar-refractivity contribution in [3.8, 4) is 0 Å². The molecule has 1 N–H and O–H groups in total. The normalized spacial score (nSPS) is 11.3. The Balaban J connectivity index is 2.17. The predicted molar refractivity (Wildman–Crippen MR) is 81.8 cm³/mol. The van der Waals surface area contributed by atoms with E-state index < -0.39 is 15.8 Å². The second-order valence-electron chi connectivity index (χ2n) is 4.11. The predicted octanol–water partition coefficient (Wildman–Crippen LogP) is 4.18. The maximum atomic E-state index is 13.6. The van der Waals surface area contributed by atoms with E-state index >= 15 is 0 Å². The highest BCUT2D eigenvalue weighted by atomic mass is 79.9. The van der Waals surface area contributed by atoms with Crippen LogP contribution in [0, 0.1) is 5.82 Å². The summed E-state index contributed by atoms with van der Waals surface area (Å²) in [5, 5.41) is 0.526. The number of hydrogen-bond acceptors (Lipinski definition) is 2. The highest BCUT2D eigenvalue weighted by Gasteiger charge is 2.14. The number of halogens is 3. The molecule has 20 heavy (non-hydrogen) atoms. The third-order valence-electron chi connectivity index (χ3n) is 2.47. The maximum Gasteiger partial charge on any atom is 0.237 e. The Morgan fingerprint density at radius 1 is 1.15 bits per heavy atom. The van der Waals surface area contributed by atoms with Crippen LogP contribution in [0.5, 0.6) is 0 Å². The van der Waals surface area contributed by atoms with Gasteiger partial charge in [-0.1, -0.05) is 39.7 Å². The molecule has 3 nitrogen and oxygen atoms in total. The van der Waals surface area contributed by atoms with Crippen LogP contribution < -0.4 is 4.72 Å². The summed E-state index contributed by atoms with van der Waals surface area (Å²) in [5.41, 5.74) is 0.488. The van der Waals surface area contributed by atoms with Crippen LogP contribution in [0.15, 0.2) is 46.9 Å². The molecule has 0 aliphatic carbocycles. The van der Waals surface area contributed by atoms with Crippen LogP contribution in [0.3, 0.4) is 0 Å². The lowest BCUT2D eigenvalue weighted by Gasteiger charge is -2.09. The standard InChI is InChI=1S/C13H10BrClFNO2S/c14-10-3-6-13(12(16)7-10)17-20(18,19)8-9-1-4-11(15)5-2-9/h1-7,17H,8H2. The fourth-order valence-corrected chi connectivity index (χ4v) is 3.24. The molecule has 0 bridgehead atoms. The van der Waals surface area contributed by atoms with Crippen LogP contribution in [-0.2, 0) is 15.8 Å². The van der Waals surface area contributed by atoms with Gasteiger partial charge in [0.1, 0.15) is 5.82 Å². The summed E-state index contributed by atoms with van der Waals surface area (Å²) in [7, 11) is -3.68. The monoisotopic (exact) mass is 377 g/mol. The molecule has 2 aromatic rings. The first kappa shape index (κ1) is 15.3. The molecule has 0 radical (unpaired) electrons. The summed E-state index contributed by atoms with van der Waals surface area (Å²) in [6.45, 7) is 0. The molecule has 0 aromatic heterocycles. The van der Waals surface area contributed by atoms with Gasteiger partial charge in [0.15, 0.2) is 0 Å². The van der Waals surface area contributed by atoms with E-state index in [9.17, 15) is 12.8 Å². The van der Waals surface area contributed by atoms with Crippen LogP contribution in [0.25, 0.3) is 0 Å². The van der Waals surface area contributed by atoms with E-state index in [-0.39, 0.29) is 11.4 Å². The minimum Gasteiger partial charge on any atom is -0.280 e. The van der Waals surface area contributed by atoms with Crippen molar-refractivity contribution in [2.75, 3.05) is 4.72 Å². The highest BCUT2D eigenvalue weighted by Crippen LogP contribution is 2.21. The summed E-state index contributed by atoms with van der Waals surface area (Å²) < 4.78 is 40.3. The van der Waals surface area contributed by atoms with Crippen LogP contribution >= 0.6 is 27.5 Å². The van der Waals surface area contributed by atoms with Gasteiger partial charge in [-0.15, -0.1) is 0 Å². The highest BCUT2D eigenvalue weighted by molar-refractivity contribution is 9.10. The molecule has 0 atom stereocenters. The van der Waals surface area contributed by atoms with Crippen molar-refractivity contribution in [2.24, 2.45) is 0 Å². The van der Waals surface area contributed by atoms with E-state index in [0.29, 0.717) is 15.1 Å². The minimum atomic E-state index is -3.68. The molecule has 2 rings (SSSR count). The molecule has 0 fully saturated rings. The van der Waals surface area contributed by atoms with Crippen molar-refractivity contribution < 1.29 is 12.8 Å². The quantitative estimate of drug-likeness (QED) is 0.867. The number of sulfonamides is 1. The van der Waals surface area contributed by atoms with Crippen molar-refractivity contribution >= 4 is 43.2 Å². The minimum absolute atomic E-state index is 0.0813. The Labute approximate surface area is 130 Å². The second kappa shape index (κ2) is 6.11. The summed E-state index contributed by atoms with van der Waals surface area (Å²) in [4.78, 5) is 0. The molecule has 0 saturated heterocycles. The van der Waals surface area contributed by atoms with Crippen molar-refractivity contribution in [3.63, 3.8) is 0 Å². The SMILES string of the molecule is O=S(=O)(Cc1ccc(Cl)cc1)Nc1ccc(Br)cc1F. The van der Waals surface area contributed by atoms with Gasteiger partial charge in [-0.2, -0.15) is 0 Å². The Morgan fingerprint density at radius 3 is 2.40 bits per heavy atom. The van der Waals surface area contributed by atoms with E-state index in [2.05, 4.69) is 20.7 Å². The van der Waals surface area contributed by atoms with Gasteiger partial charge in [0.05, 0.1) is 11.4 Å². The molecule has 0 aliphatic rings. The average molecular weight is 379 g/mol. The number of anilines is 1. The van der Waals surface area contributed by atoms with Gasteiger partial charge in [0.25, 0.3) is 0 Å². The fourth-order valence-electron chi connectivity index (χ4n) is 1.58. The number of hydrogen-bond donors (Lipinski definition) is 1. The van der Waals surface area contributed by atoms with Gasteiger partial charge < -0.3 is 0 Å². The molecule has 0 saturated carbocycles.